The minimum absolute atomic E-state index is 0.428. The molecule has 0 bridgehead atoms. The van der Waals surface area contributed by atoms with Crippen molar-refractivity contribution < 1.29 is 4.74 Å². The van der Waals surface area contributed by atoms with E-state index in [9.17, 15) is 0 Å². The second-order valence-corrected chi connectivity index (χ2v) is 8.40. The average molecular weight is 429 g/mol. The van der Waals surface area contributed by atoms with Gasteiger partial charge in [0, 0.05) is 68.4 Å². The number of piperazine rings is 1. The second kappa shape index (κ2) is 8.49. The zero-order chi connectivity index (χ0) is 22.1. The Morgan fingerprint density at radius 3 is 2.41 bits per heavy atom. The number of methoxy groups -OCH3 is 1. The molecule has 0 unspecified atom stereocenters. The van der Waals surface area contributed by atoms with Crippen LogP contribution in [-0.4, -0.2) is 52.6 Å². The summed E-state index contributed by atoms with van der Waals surface area (Å²) in [6.07, 6.45) is 9.55. The molecule has 7 nitrogen and oxygen atoms in total. The van der Waals surface area contributed by atoms with Gasteiger partial charge in [-0.05, 0) is 35.7 Å². The summed E-state index contributed by atoms with van der Waals surface area (Å²) in [4.78, 5) is 18.6. The van der Waals surface area contributed by atoms with Crippen molar-refractivity contribution >= 4 is 17.2 Å². The van der Waals surface area contributed by atoms with Crippen LogP contribution in [0.15, 0.2) is 61.3 Å². The molecule has 0 aliphatic carbocycles. The summed E-state index contributed by atoms with van der Waals surface area (Å²) >= 11 is 0. The maximum atomic E-state index is 5.69. The average Bonchev–Trinajstić information content (AvgIpc) is 3.32. The number of hydrogen-bond donors (Lipinski definition) is 0. The molecular weight excluding hydrogens is 400 g/mol. The molecule has 4 heterocycles. The highest BCUT2D eigenvalue weighted by Crippen LogP contribution is 2.34. The molecule has 0 saturated carbocycles. The SMILES string of the molecule is COc1ccc(C(C)C)cc1-c1cn2ccnc2c(N2CCN(c3ccncc3)CC2)n1. The second-order valence-electron chi connectivity index (χ2n) is 8.40. The van der Waals surface area contributed by atoms with E-state index in [1.165, 1.54) is 11.3 Å². The number of nitrogens with zero attached hydrogens (tertiary/aromatic N) is 6. The third-order valence-corrected chi connectivity index (χ3v) is 6.13. The Morgan fingerprint density at radius 2 is 1.69 bits per heavy atom. The van der Waals surface area contributed by atoms with Gasteiger partial charge in [0.25, 0.3) is 0 Å². The largest absolute Gasteiger partial charge is 0.496 e. The molecular formula is C25H28N6O. The molecule has 0 N–H and O–H groups in total. The van der Waals surface area contributed by atoms with Crippen molar-refractivity contribution in [3.63, 3.8) is 0 Å². The van der Waals surface area contributed by atoms with E-state index in [2.05, 4.69) is 62.3 Å². The van der Waals surface area contributed by atoms with E-state index in [4.69, 9.17) is 9.72 Å². The minimum atomic E-state index is 0.428. The highest BCUT2D eigenvalue weighted by atomic mass is 16.5. The number of hydrogen-bond acceptors (Lipinski definition) is 6. The molecule has 3 aromatic heterocycles. The molecule has 1 aliphatic heterocycles. The molecule has 1 fully saturated rings. The zero-order valence-corrected chi connectivity index (χ0v) is 18.8. The molecule has 1 aromatic carbocycles. The molecule has 164 valence electrons. The van der Waals surface area contributed by atoms with Gasteiger partial charge in [-0.15, -0.1) is 0 Å². The molecule has 0 spiro atoms. The van der Waals surface area contributed by atoms with Gasteiger partial charge in [0.05, 0.1) is 12.8 Å². The predicted molar refractivity (Wildman–Crippen MR) is 128 cm³/mol. The van der Waals surface area contributed by atoms with Crippen molar-refractivity contribution in [1.82, 2.24) is 19.4 Å². The van der Waals surface area contributed by atoms with E-state index >= 15 is 0 Å². The lowest BCUT2D eigenvalue weighted by Gasteiger charge is -2.36. The Balaban J connectivity index is 1.51. The topological polar surface area (TPSA) is 58.8 Å². The van der Waals surface area contributed by atoms with E-state index in [0.29, 0.717) is 5.92 Å². The number of benzene rings is 1. The Labute approximate surface area is 188 Å². The third-order valence-electron chi connectivity index (χ3n) is 6.13. The fourth-order valence-corrected chi connectivity index (χ4v) is 4.27. The van der Waals surface area contributed by atoms with E-state index in [0.717, 1.165) is 54.7 Å². The predicted octanol–water partition coefficient (Wildman–Crippen LogP) is 4.25. The van der Waals surface area contributed by atoms with Crippen LogP contribution in [0.5, 0.6) is 5.75 Å². The van der Waals surface area contributed by atoms with Gasteiger partial charge in [0.2, 0.25) is 0 Å². The zero-order valence-electron chi connectivity index (χ0n) is 18.8. The van der Waals surface area contributed by atoms with E-state index < -0.39 is 0 Å². The van der Waals surface area contributed by atoms with Crippen LogP contribution in [-0.2, 0) is 0 Å². The van der Waals surface area contributed by atoms with Crippen LogP contribution >= 0.6 is 0 Å². The van der Waals surface area contributed by atoms with E-state index in [1.54, 1.807) is 7.11 Å². The fourth-order valence-electron chi connectivity index (χ4n) is 4.27. The van der Waals surface area contributed by atoms with Gasteiger partial charge in [-0.2, -0.15) is 0 Å². The number of ether oxygens (including phenoxy) is 1. The van der Waals surface area contributed by atoms with Gasteiger partial charge in [-0.1, -0.05) is 19.9 Å². The van der Waals surface area contributed by atoms with Crippen molar-refractivity contribution in [1.29, 1.82) is 0 Å². The van der Waals surface area contributed by atoms with Gasteiger partial charge < -0.3 is 18.9 Å². The molecule has 4 aromatic rings. The summed E-state index contributed by atoms with van der Waals surface area (Å²) in [6, 6.07) is 10.5. The molecule has 1 aliphatic rings. The van der Waals surface area contributed by atoms with Crippen LogP contribution in [0.3, 0.4) is 0 Å². The number of rotatable bonds is 5. The number of fused-ring (bicyclic) bond motifs is 1. The molecule has 0 amide bonds. The van der Waals surface area contributed by atoms with Crippen LogP contribution < -0.4 is 14.5 Å². The summed E-state index contributed by atoms with van der Waals surface area (Å²) < 4.78 is 7.75. The molecule has 1 saturated heterocycles. The summed E-state index contributed by atoms with van der Waals surface area (Å²) in [6.45, 7) is 8.01. The van der Waals surface area contributed by atoms with Crippen molar-refractivity contribution in [3.8, 4) is 17.0 Å². The first-order chi connectivity index (χ1) is 15.6. The summed E-state index contributed by atoms with van der Waals surface area (Å²) in [5.74, 6) is 2.17. The van der Waals surface area contributed by atoms with Crippen LogP contribution in [0.2, 0.25) is 0 Å². The van der Waals surface area contributed by atoms with E-state index in [1.807, 2.05) is 37.1 Å². The highest BCUT2D eigenvalue weighted by Gasteiger charge is 2.22. The van der Waals surface area contributed by atoms with Gasteiger partial charge in [-0.3, -0.25) is 4.98 Å². The first-order valence-electron chi connectivity index (χ1n) is 11.1. The minimum Gasteiger partial charge on any atom is -0.496 e. The molecule has 0 atom stereocenters. The van der Waals surface area contributed by atoms with E-state index in [-0.39, 0.29) is 0 Å². The maximum absolute atomic E-state index is 5.69. The van der Waals surface area contributed by atoms with Crippen molar-refractivity contribution in [2.45, 2.75) is 19.8 Å². The first kappa shape index (κ1) is 20.3. The van der Waals surface area contributed by atoms with Crippen molar-refractivity contribution in [3.05, 3.63) is 66.9 Å². The molecule has 5 rings (SSSR count). The number of anilines is 2. The summed E-state index contributed by atoms with van der Waals surface area (Å²) in [5, 5.41) is 0. The van der Waals surface area contributed by atoms with Crippen LogP contribution in [0.4, 0.5) is 11.5 Å². The quantitative estimate of drug-likeness (QED) is 0.474. The lowest BCUT2D eigenvalue weighted by molar-refractivity contribution is 0.416. The Morgan fingerprint density at radius 1 is 0.938 bits per heavy atom. The van der Waals surface area contributed by atoms with Gasteiger partial charge in [-0.25, -0.2) is 9.97 Å². The van der Waals surface area contributed by atoms with Gasteiger partial charge in [0.15, 0.2) is 11.5 Å². The number of imidazole rings is 1. The summed E-state index contributed by atoms with van der Waals surface area (Å²) in [7, 11) is 1.71. The van der Waals surface area contributed by atoms with Crippen LogP contribution in [0, 0.1) is 0 Å². The monoisotopic (exact) mass is 428 g/mol. The normalized spacial score (nSPS) is 14.4. The lowest BCUT2D eigenvalue weighted by Crippen LogP contribution is -2.47. The van der Waals surface area contributed by atoms with Gasteiger partial charge >= 0.3 is 0 Å². The lowest BCUT2D eigenvalue weighted by atomic mass is 9.99. The Kier molecular flexibility index (Phi) is 5.39. The summed E-state index contributed by atoms with van der Waals surface area (Å²) in [5.41, 5.74) is 5.25. The third kappa shape index (κ3) is 3.75. The Hall–Kier alpha value is -3.61. The highest BCUT2D eigenvalue weighted by molar-refractivity contribution is 5.74. The van der Waals surface area contributed by atoms with Crippen LogP contribution in [0.25, 0.3) is 16.9 Å². The fraction of sp³-hybridized carbons (Fsp3) is 0.320. The van der Waals surface area contributed by atoms with Crippen LogP contribution in [0.1, 0.15) is 25.3 Å². The molecule has 7 heteroatoms. The van der Waals surface area contributed by atoms with Gasteiger partial charge in [0.1, 0.15) is 5.75 Å². The Bertz CT molecular complexity index is 1210. The molecule has 32 heavy (non-hydrogen) atoms. The standard InChI is InChI=1S/C25H28N6O/c1-18(2)19-4-5-23(32-3)21(16-19)22-17-31-11-10-27-24(31)25(28-22)30-14-12-29(13-15-30)20-6-8-26-9-7-20/h4-11,16-18H,12-15H2,1-3H3. The van der Waals surface area contributed by atoms with Crippen molar-refractivity contribution in [2.24, 2.45) is 0 Å². The van der Waals surface area contributed by atoms with Crippen molar-refractivity contribution in [2.75, 3.05) is 43.1 Å². The molecule has 0 radical (unpaired) electrons. The number of aromatic nitrogens is 4. The number of pyridine rings is 1. The smallest absolute Gasteiger partial charge is 0.180 e. The first-order valence-corrected chi connectivity index (χ1v) is 11.1. The maximum Gasteiger partial charge on any atom is 0.180 e.